The Kier molecular flexibility index (Phi) is 10.1. The Morgan fingerprint density at radius 1 is 0.818 bits per heavy atom. The quantitative estimate of drug-likeness (QED) is 0.116. The van der Waals surface area contributed by atoms with Crippen molar-refractivity contribution in [3.05, 3.63) is 101 Å². The summed E-state index contributed by atoms with van der Waals surface area (Å²) in [6.45, 7) is 17.5. The molecule has 0 aliphatic heterocycles. The van der Waals surface area contributed by atoms with Crippen molar-refractivity contribution in [2.45, 2.75) is 91.9 Å². The summed E-state index contributed by atoms with van der Waals surface area (Å²) in [5.41, 5.74) is 10.4. The van der Waals surface area contributed by atoms with Crippen molar-refractivity contribution in [3.63, 3.8) is 0 Å². The van der Waals surface area contributed by atoms with E-state index in [0.717, 1.165) is 36.9 Å². The summed E-state index contributed by atoms with van der Waals surface area (Å²) in [4.78, 5) is 16.7. The van der Waals surface area contributed by atoms with Gasteiger partial charge in [-0.25, -0.2) is 0 Å². The average Bonchev–Trinajstić information content (AvgIpc) is 3.19. The number of nitrogens with zero attached hydrogens (tertiary/aromatic N) is 1. The third kappa shape index (κ3) is 5.50. The Bertz CT molecular complexity index is 1710. The zero-order valence-electron chi connectivity index (χ0n) is 27.5. The molecule has 0 saturated heterocycles. The van der Waals surface area contributed by atoms with Crippen molar-refractivity contribution in [1.29, 1.82) is 0 Å². The molecule has 1 aromatic heterocycles. The normalized spacial score (nSPS) is 15.2. The fourth-order valence-electron chi connectivity index (χ4n) is 7.37. The van der Waals surface area contributed by atoms with Crippen LogP contribution in [0.4, 0.5) is 0 Å². The molecule has 0 fully saturated rings. The summed E-state index contributed by atoms with van der Waals surface area (Å²) in [6.07, 6.45) is 6.93. The van der Waals surface area contributed by atoms with E-state index in [2.05, 4.69) is 88.4 Å². The van der Waals surface area contributed by atoms with Gasteiger partial charge < -0.3 is 10.1 Å². The fraction of sp³-hybridized carbons (Fsp3) is 0.400. The smallest absolute Gasteiger partial charge is 0.162 e. The van der Waals surface area contributed by atoms with Gasteiger partial charge in [-0.05, 0) is 64.3 Å². The second-order valence-electron chi connectivity index (χ2n) is 13.2. The number of aromatic nitrogens is 1. The summed E-state index contributed by atoms with van der Waals surface area (Å²) >= 11 is 0. The number of aliphatic hydroxyl groups excluding tert-OH is 1. The van der Waals surface area contributed by atoms with E-state index in [1.165, 1.54) is 50.2 Å². The van der Waals surface area contributed by atoms with E-state index in [1.54, 1.807) is 0 Å². The summed E-state index contributed by atoms with van der Waals surface area (Å²) < 4.78 is 0. The van der Waals surface area contributed by atoms with Crippen LogP contribution in [0.3, 0.4) is 0 Å². The minimum absolute atomic E-state index is 0. The van der Waals surface area contributed by atoms with Crippen LogP contribution >= 0.6 is 0 Å². The number of ketones is 1. The van der Waals surface area contributed by atoms with Gasteiger partial charge in [0.05, 0.1) is 5.76 Å². The third-order valence-electron chi connectivity index (χ3n) is 10.1. The SMILES string of the molecule is CC1(C)c2cc[c-]c3c2-c2c1cccc2C(C)(C)c1c-3ncc2ccccc12.CCC(CC)C(=O)/C=C(\O)C(CC)CC.[Ir]. The zero-order valence-corrected chi connectivity index (χ0v) is 29.9. The van der Waals surface area contributed by atoms with Gasteiger partial charge in [0.1, 0.15) is 0 Å². The Morgan fingerprint density at radius 3 is 2.05 bits per heavy atom. The Labute approximate surface area is 277 Å². The minimum atomic E-state index is -0.154. The molecule has 6 rings (SSSR count). The maximum absolute atomic E-state index is 11.7. The first-order valence-electron chi connectivity index (χ1n) is 16.0. The molecule has 233 valence electrons. The van der Waals surface area contributed by atoms with E-state index >= 15 is 0 Å². The molecular weight excluding hydrogens is 719 g/mol. The first-order valence-corrected chi connectivity index (χ1v) is 16.0. The topological polar surface area (TPSA) is 50.2 Å². The second-order valence-corrected chi connectivity index (χ2v) is 13.2. The van der Waals surface area contributed by atoms with Crippen LogP contribution in [0.1, 0.15) is 103 Å². The van der Waals surface area contributed by atoms with Gasteiger partial charge in [-0.15, -0.1) is 29.3 Å². The number of fused-ring (bicyclic) bond motifs is 4. The fourth-order valence-corrected chi connectivity index (χ4v) is 7.37. The molecule has 4 heteroatoms. The van der Waals surface area contributed by atoms with Gasteiger partial charge in [0.25, 0.3) is 0 Å². The van der Waals surface area contributed by atoms with Gasteiger partial charge in [-0.3, -0.25) is 4.79 Å². The molecule has 1 heterocycles. The van der Waals surface area contributed by atoms with Crippen LogP contribution in [0.25, 0.3) is 33.2 Å². The molecule has 0 spiro atoms. The molecule has 1 N–H and O–H groups in total. The van der Waals surface area contributed by atoms with E-state index < -0.39 is 0 Å². The van der Waals surface area contributed by atoms with Gasteiger partial charge in [0.15, 0.2) is 5.78 Å². The molecule has 0 saturated carbocycles. The molecule has 0 bridgehead atoms. The number of hydrogen-bond donors (Lipinski definition) is 1. The molecule has 3 nitrogen and oxygen atoms in total. The molecule has 44 heavy (non-hydrogen) atoms. The van der Waals surface area contributed by atoms with Crippen molar-refractivity contribution < 1.29 is 30.0 Å². The Morgan fingerprint density at radius 2 is 1.41 bits per heavy atom. The first kappa shape index (κ1) is 33.8. The molecule has 2 aliphatic rings. The first-order chi connectivity index (χ1) is 20.5. The van der Waals surface area contributed by atoms with Crippen molar-refractivity contribution in [1.82, 2.24) is 4.98 Å². The number of carbonyl (C=O) groups is 1. The third-order valence-corrected chi connectivity index (χ3v) is 10.1. The standard InChI is InChI=1S/C27H22N.C13H24O2.Ir/c1-26(2)19-12-7-11-18-22(19)23-20(26)13-8-14-21(23)27(3,4)24-17-10-6-5-9-16(17)15-28-25(18)24;1-5-10(6-2)12(14)9-13(15)11(7-3)8-4;/h5-10,12-15H,1-4H3;9-11,14H,5-8H2,1-4H3;/q-1;;/b;12-9-;. The van der Waals surface area contributed by atoms with Crippen molar-refractivity contribution >= 4 is 16.6 Å². The Balaban J connectivity index is 0.000000239. The van der Waals surface area contributed by atoms with Crippen LogP contribution in [0.5, 0.6) is 0 Å². The summed E-state index contributed by atoms with van der Waals surface area (Å²) in [5, 5.41) is 12.2. The van der Waals surface area contributed by atoms with Crippen LogP contribution in [0.2, 0.25) is 0 Å². The van der Waals surface area contributed by atoms with E-state index in [1.807, 2.05) is 33.9 Å². The second kappa shape index (κ2) is 13.1. The number of allylic oxidation sites excluding steroid dienone is 2. The molecule has 2 aliphatic carbocycles. The van der Waals surface area contributed by atoms with Crippen molar-refractivity contribution in [2.75, 3.05) is 0 Å². The summed E-state index contributed by atoms with van der Waals surface area (Å²) in [7, 11) is 0. The van der Waals surface area contributed by atoms with Crippen LogP contribution in [-0.4, -0.2) is 15.9 Å². The molecular formula is C40H46IrNO2-. The monoisotopic (exact) mass is 765 g/mol. The summed E-state index contributed by atoms with van der Waals surface area (Å²) in [6, 6.07) is 23.4. The molecule has 0 atom stereocenters. The van der Waals surface area contributed by atoms with Crippen molar-refractivity contribution in [2.24, 2.45) is 11.8 Å². The van der Waals surface area contributed by atoms with Gasteiger partial charge >= 0.3 is 0 Å². The maximum atomic E-state index is 11.7. The maximum Gasteiger partial charge on any atom is 0.162 e. The summed E-state index contributed by atoms with van der Waals surface area (Å²) in [5.74, 6) is 0.547. The predicted molar refractivity (Wildman–Crippen MR) is 180 cm³/mol. The van der Waals surface area contributed by atoms with Gasteiger partial charge in [-0.2, -0.15) is 0 Å². The van der Waals surface area contributed by atoms with Crippen LogP contribution in [0.15, 0.2) is 72.6 Å². The largest absolute Gasteiger partial charge is 0.512 e. The van der Waals surface area contributed by atoms with E-state index in [4.69, 9.17) is 4.98 Å². The number of hydrogen-bond acceptors (Lipinski definition) is 3. The number of carbonyl (C=O) groups excluding carboxylic acids is 1. The van der Waals surface area contributed by atoms with Gasteiger partial charge in [0, 0.05) is 49.6 Å². The van der Waals surface area contributed by atoms with Crippen molar-refractivity contribution in [3.8, 4) is 22.4 Å². The van der Waals surface area contributed by atoms with E-state index in [0.29, 0.717) is 0 Å². The molecule has 4 aromatic rings. The number of rotatable bonds is 7. The number of aliphatic hydroxyl groups is 1. The molecule has 3 aromatic carbocycles. The Hall–Kier alpha value is -3.07. The van der Waals surface area contributed by atoms with E-state index in [9.17, 15) is 9.90 Å². The van der Waals surface area contributed by atoms with Crippen LogP contribution in [-0.2, 0) is 35.7 Å². The number of benzene rings is 3. The van der Waals surface area contributed by atoms with E-state index in [-0.39, 0.29) is 54.3 Å². The zero-order chi connectivity index (χ0) is 31.1. The van der Waals surface area contributed by atoms with Gasteiger partial charge in [0.2, 0.25) is 0 Å². The average molecular weight is 765 g/mol. The molecule has 0 unspecified atom stereocenters. The van der Waals surface area contributed by atoms with Crippen LogP contribution in [0, 0.1) is 17.9 Å². The van der Waals surface area contributed by atoms with Gasteiger partial charge in [-0.1, -0.05) is 109 Å². The minimum Gasteiger partial charge on any atom is -0.512 e. The van der Waals surface area contributed by atoms with Crippen LogP contribution < -0.4 is 0 Å². The number of pyridine rings is 1. The molecule has 1 radical (unpaired) electrons. The predicted octanol–water partition coefficient (Wildman–Crippen LogP) is 10.5. The molecule has 0 amide bonds.